The molecule has 100 valence electrons. The first kappa shape index (κ1) is 13.4. The zero-order valence-corrected chi connectivity index (χ0v) is 11.2. The lowest BCUT2D eigenvalue weighted by atomic mass is 9.85. The van der Waals surface area contributed by atoms with Gasteiger partial charge in [-0.1, -0.05) is 39.0 Å². The second kappa shape index (κ2) is 6.75. The fourth-order valence-electron chi connectivity index (χ4n) is 3.42. The number of rotatable bonds is 4. The van der Waals surface area contributed by atoms with E-state index < -0.39 is 0 Å². The maximum Gasteiger partial charge on any atom is 0.0801 e. The van der Waals surface area contributed by atoms with Crippen LogP contribution in [0.15, 0.2) is 0 Å². The summed E-state index contributed by atoms with van der Waals surface area (Å²) in [6.45, 7) is 2.88. The third kappa shape index (κ3) is 4.26. The zero-order valence-electron chi connectivity index (χ0n) is 11.2. The first-order chi connectivity index (χ1) is 8.25. The van der Waals surface area contributed by atoms with Gasteiger partial charge in [-0.15, -0.1) is 0 Å². The molecule has 2 fully saturated rings. The van der Waals surface area contributed by atoms with Crippen molar-refractivity contribution in [2.75, 3.05) is 6.61 Å². The normalized spacial score (nSPS) is 33.5. The van der Waals surface area contributed by atoms with Crippen molar-refractivity contribution in [2.45, 2.75) is 76.9 Å². The fourth-order valence-corrected chi connectivity index (χ4v) is 3.42. The van der Waals surface area contributed by atoms with Gasteiger partial charge in [0.05, 0.1) is 18.8 Å². The molecular weight excluding hydrogens is 212 g/mol. The second-order valence-electron chi connectivity index (χ2n) is 6.19. The van der Waals surface area contributed by atoms with E-state index in [0.717, 1.165) is 5.92 Å². The molecule has 0 radical (unpaired) electrons. The van der Waals surface area contributed by atoms with Crippen LogP contribution >= 0.6 is 0 Å². The molecule has 0 heterocycles. The van der Waals surface area contributed by atoms with Crippen LogP contribution in [-0.2, 0) is 4.74 Å². The van der Waals surface area contributed by atoms with Gasteiger partial charge in [-0.2, -0.15) is 0 Å². The highest BCUT2D eigenvalue weighted by atomic mass is 16.5. The minimum absolute atomic E-state index is 0.215. The van der Waals surface area contributed by atoms with E-state index in [4.69, 9.17) is 4.74 Å². The number of hydrogen-bond donors (Lipinski definition) is 1. The minimum atomic E-state index is -0.215. The minimum Gasteiger partial charge on any atom is -0.390 e. The third-order valence-electron chi connectivity index (χ3n) is 4.58. The van der Waals surface area contributed by atoms with Crippen LogP contribution in [0.5, 0.6) is 0 Å². The van der Waals surface area contributed by atoms with Gasteiger partial charge < -0.3 is 9.84 Å². The van der Waals surface area contributed by atoms with Crippen molar-refractivity contribution in [3.05, 3.63) is 0 Å². The molecule has 0 aromatic carbocycles. The molecule has 2 saturated carbocycles. The highest BCUT2D eigenvalue weighted by Gasteiger charge is 2.24. The Morgan fingerprint density at radius 2 is 1.82 bits per heavy atom. The smallest absolute Gasteiger partial charge is 0.0801 e. The summed E-state index contributed by atoms with van der Waals surface area (Å²) in [5.74, 6) is 1.31. The molecule has 3 unspecified atom stereocenters. The topological polar surface area (TPSA) is 29.5 Å². The monoisotopic (exact) mass is 240 g/mol. The van der Waals surface area contributed by atoms with E-state index in [1.807, 2.05) is 0 Å². The lowest BCUT2D eigenvalue weighted by Gasteiger charge is -2.30. The molecule has 1 N–H and O–H groups in total. The molecule has 2 aliphatic carbocycles. The standard InChI is InChI=1S/C15H28O2/c1-12-6-5-9-14(10-12)17-11-15(16)13-7-3-2-4-8-13/h12-16H,2-11H2,1H3. The predicted molar refractivity (Wildman–Crippen MR) is 70.0 cm³/mol. The molecule has 17 heavy (non-hydrogen) atoms. The van der Waals surface area contributed by atoms with Crippen LogP contribution in [0.25, 0.3) is 0 Å². The van der Waals surface area contributed by atoms with E-state index >= 15 is 0 Å². The molecule has 0 aliphatic heterocycles. The average molecular weight is 240 g/mol. The van der Waals surface area contributed by atoms with Crippen molar-refractivity contribution in [2.24, 2.45) is 11.8 Å². The van der Waals surface area contributed by atoms with Crippen LogP contribution < -0.4 is 0 Å². The molecule has 2 rings (SSSR count). The summed E-state index contributed by atoms with van der Waals surface area (Å²) < 4.78 is 5.92. The van der Waals surface area contributed by atoms with Crippen LogP contribution in [0.2, 0.25) is 0 Å². The molecule has 0 spiro atoms. The summed E-state index contributed by atoms with van der Waals surface area (Å²) in [4.78, 5) is 0. The molecule has 0 saturated heterocycles. The van der Waals surface area contributed by atoms with E-state index in [1.54, 1.807) is 0 Å². The Hall–Kier alpha value is -0.0800. The molecule has 2 nitrogen and oxygen atoms in total. The summed E-state index contributed by atoms with van der Waals surface area (Å²) in [5, 5.41) is 10.1. The Morgan fingerprint density at radius 3 is 2.53 bits per heavy atom. The Labute approximate surface area is 106 Å². The first-order valence-corrected chi connectivity index (χ1v) is 7.55. The average Bonchev–Trinajstić information content (AvgIpc) is 2.37. The summed E-state index contributed by atoms with van der Waals surface area (Å²) in [5.41, 5.74) is 0. The molecule has 3 atom stereocenters. The Bertz CT molecular complexity index is 211. The zero-order chi connectivity index (χ0) is 12.1. The van der Waals surface area contributed by atoms with Gasteiger partial charge in [0.25, 0.3) is 0 Å². The molecule has 0 aromatic rings. The van der Waals surface area contributed by atoms with E-state index in [-0.39, 0.29) is 6.10 Å². The van der Waals surface area contributed by atoms with Crippen LogP contribution in [0, 0.1) is 11.8 Å². The van der Waals surface area contributed by atoms with Gasteiger partial charge in [0.2, 0.25) is 0 Å². The maximum atomic E-state index is 10.1. The third-order valence-corrected chi connectivity index (χ3v) is 4.58. The van der Waals surface area contributed by atoms with Crippen LogP contribution in [0.4, 0.5) is 0 Å². The van der Waals surface area contributed by atoms with Crippen LogP contribution in [-0.4, -0.2) is 23.9 Å². The molecule has 2 heteroatoms. The summed E-state index contributed by atoms with van der Waals surface area (Å²) in [6.07, 6.45) is 11.6. The van der Waals surface area contributed by atoms with Gasteiger partial charge in [-0.05, 0) is 37.5 Å². The van der Waals surface area contributed by atoms with Crippen LogP contribution in [0.3, 0.4) is 0 Å². The fraction of sp³-hybridized carbons (Fsp3) is 1.00. The first-order valence-electron chi connectivity index (χ1n) is 7.55. The van der Waals surface area contributed by atoms with E-state index in [2.05, 4.69) is 6.92 Å². The van der Waals surface area contributed by atoms with Gasteiger partial charge in [0.15, 0.2) is 0 Å². The number of aliphatic hydroxyl groups is 1. The lowest BCUT2D eigenvalue weighted by Crippen LogP contribution is -2.31. The highest BCUT2D eigenvalue weighted by molar-refractivity contribution is 4.75. The van der Waals surface area contributed by atoms with Crippen molar-refractivity contribution in [3.63, 3.8) is 0 Å². The Kier molecular flexibility index (Phi) is 5.30. The van der Waals surface area contributed by atoms with E-state index in [9.17, 15) is 5.11 Å². The molecule has 0 aromatic heterocycles. The van der Waals surface area contributed by atoms with Gasteiger partial charge >= 0.3 is 0 Å². The summed E-state index contributed by atoms with van der Waals surface area (Å²) in [7, 11) is 0. The van der Waals surface area contributed by atoms with Gasteiger partial charge in [0.1, 0.15) is 0 Å². The van der Waals surface area contributed by atoms with Gasteiger partial charge in [0, 0.05) is 0 Å². The van der Waals surface area contributed by atoms with Crippen molar-refractivity contribution in [1.29, 1.82) is 0 Å². The van der Waals surface area contributed by atoms with Crippen molar-refractivity contribution >= 4 is 0 Å². The maximum absolute atomic E-state index is 10.1. The summed E-state index contributed by atoms with van der Waals surface area (Å²) >= 11 is 0. The lowest BCUT2D eigenvalue weighted by molar-refractivity contribution is -0.0535. The van der Waals surface area contributed by atoms with Gasteiger partial charge in [-0.25, -0.2) is 0 Å². The highest BCUT2D eigenvalue weighted by Crippen LogP contribution is 2.29. The number of hydrogen-bond acceptors (Lipinski definition) is 2. The largest absolute Gasteiger partial charge is 0.390 e. The quantitative estimate of drug-likeness (QED) is 0.814. The summed E-state index contributed by atoms with van der Waals surface area (Å²) in [6, 6.07) is 0. The SMILES string of the molecule is CC1CCCC(OCC(O)C2CCCCC2)C1. The molecule has 0 bridgehead atoms. The predicted octanol–water partition coefficient (Wildman–Crippen LogP) is 3.52. The van der Waals surface area contributed by atoms with Crippen molar-refractivity contribution < 1.29 is 9.84 Å². The Balaban J connectivity index is 1.66. The van der Waals surface area contributed by atoms with E-state index in [0.29, 0.717) is 18.6 Å². The van der Waals surface area contributed by atoms with Crippen molar-refractivity contribution in [1.82, 2.24) is 0 Å². The van der Waals surface area contributed by atoms with Crippen LogP contribution in [0.1, 0.15) is 64.7 Å². The number of ether oxygens (including phenoxy) is 1. The van der Waals surface area contributed by atoms with Gasteiger partial charge in [-0.3, -0.25) is 0 Å². The van der Waals surface area contributed by atoms with Crippen molar-refractivity contribution in [3.8, 4) is 0 Å². The number of aliphatic hydroxyl groups excluding tert-OH is 1. The van der Waals surface area contributed by atoms with E-state index in [1.165, 1.54) is 57.8 Å². The molecule has 2 aliphatic rings. The molecule has 0 amide bonds. The molecular formula is C15H28O2. The Morgan fingerprint density at radius 1 is 1.06 bits per heavy atom. The second-order valence-corrected chi connectivity index (χ2v) is 6.19.